The zero-order valence-electron chi connectivity index (χ0n) is 11.1. The summed E-state index contributed by atoms with van der Waals surface area (Å²) in [5.74, 6) is -1.55. The van der Waals surface area contributed by atoms with Gasteiger partial charge in [-0.25, -0.2) is 8.78 Å². The van der Waals surface area contributed by atoms with Crippen LogP contribution in [0.25, 0.3) is 0 Å². The minimum Gasteiger partial charge on any atom is -0.381 e. The second-order valence-corrected chi connectivity index (χ2v) is 4.96. The Morgan fingerprint density at radius 1 is 1.42 bits per heavy atom. The first kappa shape index (κ1) is 14.4. The number of hydrogen-bond donors (Lipinski definition) is 1. The summed E-state index contributed by atoms with van der Waals surface area (Å²) in [7, 11) is 1.69. The number of ether oxygens (including phenoxy) is 1. The molecule has 0 amide bonds. The summed E-state index contributed by atoms with van der Waals surface area (Å²) in [6.07, 6.45) is 1.94. The summed E-state index contributed by atoms with van der Waals surface area (Å²) in [5, 5.41) is 0. The highest BCUT2D eigenvalue weighted by Gasteiger charge is 2.28. The normalized spacial score (nSPS) is 24.6. The quantitative estimate of drug-likeness (QED) is 0.908. The first-order valence-corrected chi connectivity index (χ1v) is 6.55. The molecule has 0 spiro atoms. The van der Waals surface area contributed by atoms with E-state index < -0.39 is 11.6 Å². The Labute approximate surface area is 112 Å². The average molecular weight is 270 g/mol. The van der Waals surface area contributed by atoms with Gasteiger partial charge in [-0.15, -0.1) is 0 Å². The summed E-state index contributed by atoms with van der Waals surface area (Å²) in [6, 6.07) is 4.44. The van der Waals surface area contributed by atoms with Crippen LogP contribution >= 0.6 is 0 Å². The Morgan fingerprint density at radius 3 is 2.89 bits per heavy atom. The molecule has 0 radical (unpaired) electrons. The monoisotopic (exact) mass is 270 g/mol. The second kappa shape index (κ2) is 6.41. The fourth-order valence-corrected chi connectivity index (χ4v) is 2.62. The van der Waals surface area contributed by atoms with Gasteiger partial charge in [0.1, 0.15) is 0 Å². The van der Waals surface area contributed by atoms with E-state index in [4.69, 9.17) is 10.5 Å². The Morgan fingerprint density at radius 2 is 2.21 bits per heavy atom. The van der Waals surface area contributed by atoms with E-state index in [1.165, 1.54) is 6.07 Å². The fourth-order valence-electron chi connectivity index (χ4n) is 2.62. The van der Waals surface area contributed by atoms with E-state index >= 15 is 0 Å². The van der Waals surface area contributed by atoms with E-state index in [1.807, 2.05) is 0 Å². The summed E-state index contributed by atoms with van der Waals surface area (Å²) in [5.41, 5.74) is 6.15. The molecule has 19 heavy (non-hydrogen) atoms. The van der Waals surface area contributed by atoms with Crippen molar-refractivity contribution in [1.82, 2.24) is 4.90 Å². The molecule has 2 rings (SSSR count). The van der Waals surface area contributed by atoms with E-state index in [2.05, 4.69) is 4.90 Å². The van der Waals surface area contributed by atoms with Gasteiger partial charge in [0, 0.05) is 38.3 Å². The van der Waals surface area contributed by atoms with Gasteiger partial charge in [-0.05, 0) is 18.9 Å². The molecule has 106 valence electrons. The lowest BCUT2D eigenvalue weighted by atomic mass is 9.98. The predicted molar refractivity (Wildman–Crippen MR) is 69.6 cm³/mol. The van der Waals surface area contributed by atoms with Crippen LogP contribution in [0.5, 0.6) is 0 Å². The third kappa shape index (κ3) is 3.29. The number of rotatable bonds is 4. The van der Waals surface area contributed by atoms with Crippen LogP contribution in [0.3, 0.4) is 0 Å². The van der Waals surface area contributed by atoms with Crippen molar-refractivity contribution in [3.05, 3.63) is 35.4 Å². The number of piperidine rings is 1. The van der Waals surface area contributed by atoms with E-state index in [0.717, 1.165) is 25.5 Å². The largest absolute Gasteiger partial charge is 0.381 e. The number of methoxy groups -OCH3 is 1. The van der Waals surface area contributed by atoms with E-state index in [9.17, 15) is 8.78 Å². The topological polar surface area (TPSA) is 38.5 Å². The lowest BCUT2D eigenvalue weighted by Crippen LogP contribution is -2.48. The van der Waals surface area contributed by atoms with Crippen LogP contribution in [-0.2, 0) is 11.3 Å². The van der Waals surface area contributed by atoms with Gasteiger partial charge in [0.2, 0.25) is 0 Å². The zero-order valence-corrected chi connectivity index (χ0v) is 11.1. The molecule has 2 unspecified atom stereocenters. The number of halogens is 2. The summed E-state index contributed by atoms with van der Waals surface area (Å²) in [6.45, 7) is 1.68. The molecule has 1 aliphatic rings. The van der Waals surface area contributed by atoms with Crippen molar-refractivity contribution in [2.45, 2.75) is 31.5 Å². The third-order valence-corrected chi connectivity index (χ3v) is 3.80. The molecule has 2 N–H and O–H groups in total. The van der Waals surface area contributed by atoms with Gasteiger partial charge < -0.3 is 10.5 Å². The highest BCUT2D eigenvalue weighted by atomic mass is 19.2. The highest BCUT2D eigenvalue weighted by Crippen LogP contribution is 2.22. The molecule has 1 fully saturated rings. The number of benzene rings is 1. The lowest BCUT2D eigenvalue weighted by molar-refractivity contribution is 0.00981. The first-order valence-electron chi connectivity index (χ1n) is 6.55. The molecule has 5 heteroatoms. The van der Waals surface area contributed by atoms with Crippen molar-refractivity contribution in [1.29, 1.82) is 0 Å². The molecule has 1 aromatic rings. The number of nitrogens with zero attached hydrogens (tertiary/aromatic N) is 1. The molecular formula is C14H20F2N2O. The van der Waals surface area contributed by atoms with Crippen LogP contribution < -0.4 is 5.73 Å². The Kier molecular flexibility index (Phi) is 4.85. The fraction of sp³-hybridized carbons (Fsp3) is 0.571. The molecule has 1 saturated heterocycles. The van der Waals surface area contributed by atoms with Gasteiger partial charge in [-0.2, -0.15) is 0 Å². The van der Waals surface area contributed by atoms with E-state index in [-0.39, 0.29) is 12.1 Å². The van der Waals surface area contributed by atoms with Crippen LogP contribution in [0, 0.1) is 11.6 Å². The van der Waals surface area contributed by atoms with Crippen molar-refractivity contribution >= 4 is 0 Å². The van der Waals surface area contributed by atoms with Gasteiger partial charge in [0.05, 0.1) is 6.10 Å². The van der Waals surface area contributed by atoms with Crippen LogP contribution in [-0.4, -0.2) is 37.2 Å². The molecule has 2 atom stereocenters. The summed E-state index contributed by atoms with van der Waals surface area (Å²) < 4.78 is 32.2. The SMILES string of the molecule is COC1CCN(Cc2cccc(F)c2F)C(CN)C1. The molecule has 0 aromatic heterocycles. The van der Waals surface area contributed by atoms with Gasteiger partial charge in [-0.1, -0.05) is 12.1 Å². The third-order valence-electron chi connectivity index (χ3n) is 3.80. The number of nitrogens with two attached hydrogens (primary N) is 1. The number of likely N-dealkylation sites (tertiary alicyclic amines) is 1. The van der Waals surface area contributed by atoms with Crippen molar-refractivity contribution in [3.8, 4) is 0 Å². The van der Waals surface area contributed by atoms with Crippen LogP contribution in [0.1, 0.15) is 18.4 Å². The van der Waals surface area contributed by atoms with Crippen molar-refractivity contribution in [2.24, 2.45) is 5.73 Å². The minimum atomic E-state index is -0.798. The Bertz CT molecular complexity index is 428. The molecule has 0 aliphatic carbocycles. The minimum absolute atomic E-state index is 0.154. The molecule has 0 saturated carbocycles. The van der Waals surface area contributed by atoms with E-state index in [1.54, 1.807) is 13.2 Å². The Balaban J connectivity index is 2.07. The highest BCUT2D eigenvalue weighted by molar-refractivity contribution is 5.19. The van der Waals surface area contributed by atoms with Crippen molar-refractivity contribution in [2.75, 3.05) is 20.2 Å². The lowest BCUT2D eigenvalue weighted by Gasteiger charge is -2.38. The van der Waals surface area contributed by atoms with Crippen molar-refractivity contribution in [3.63, 3.8) is 0 Å². The summed E-state index contributed by atoms with van der Waals surface area (Å²) >= 11 is 0. The molecule has 1 aromatic carbocycles. The molecular weight excluding hydrogens is 250 g/mol. The molecule has 3 nitrogen and oxygen atoms in total. The number of hydrogen-bond acceptors (Lipinski definition) is 3. The molecule has 1 heterocycles. The van der Waals surface area contributed by atoms with Gasteiger partial charge in [0.15, 0.2) is 11.6 Å². The van der Waals surface area contributed by atoms with Gasteiger partial charge >= 0.3 is 0 Å². The van der Waals surface area contributed by atoms with Crippen LogP contribution in [0.4, 0.5) is 8.78 Å². The maximum Gasteiger partial charge on any atom is 0.163 e. The van der Waals surface area contributed by atoms with Crippen molar-refractivity contribution < 1.29 is 13.5 Å². The summed E-state index contributed by atoms with van der Waals surface area (Å²) in [4.78, 5) is 2.10. The standard InChI is InChI=1S/C14H20F2N2O/c1-19-12-5-6-18(11(7-12)8-17)9-10-3-2-4-13(15)14(10)16/h2-4,11-12H,5-9,17H2,1H3. The molecule has 1 aliphatic heterocycles. The smallest absolute Gasteiger partial charge is 0.163 e. The zero-order chi connectivity index (χ0) is 13.8. The van der Waals surface area contributed by atoms with Crippen LogP contribution in [0.2, 0.25) is 0 Å². The maximum atomic E-state index is 13.7. The Hall–Kier alpha value is -1.04. The predicted octanol–water partition coefficient (Wildman–Crippen LogP) is 1.90. The maximum absolute atomic E-state index is 13.7. The second-order valence-electron chi connectivity index (χ2n) is 4.96. The van der Waals surface area contributed by atoms with Gasteiger partial charge in [0.25, 0.3) is 0 Å². The van der Waals surface area contributed by atoms with Crippen LogP contribution in [0.15, 0.2) is 18.2 Å². The average Bonchev–Trinajstić information content (AvgIpc) is 2.44. The van der Waals surface area contributed by atoms with E-state index in [0.29, 0.717) is 18.7 Å². The van der Waals surface area contributed by atoms with Gasteiger partial charge in [-0.3, -0.25) is 4.90 Å². The molecule has 0 bridgehead atoms. The first-order chi connectivity index (χ1) is 9.15.